The summed E-state index contributed by atoms with van der Waals surface area (Å²) in [6.45, 7) is 7.51. The molecule has 1 amide bonds. The lowest BCUT2D eigenvalue weighted by Gasteiger charge is -2.30. The number of likely N-dealkylation sites (tertiary alicyclic amines) is 1. The van der Waals surface area contributed by atoms with Gasteiger partial charge in [-0.2, -0.15) is 0 Å². The highest BCUT2D eigenvalue weighted by Crippen LogP contribution is 2.44. The molecule has 4 rings (SSSR count). The van der Waals surface area contributed by atoms with Crippen LogP contribution in [-0.2, 0) is 16.8 Å². The van der Waals surface area contributed by atoms with Crippen molar-refractivity contribution in [1.29, 1.82) is 0 Å². The molecule has 1 saturated heterocycles. The molecule has 34 heavy (non-hydrogen) atoms. The van der Waals surface area contributed by atoms with E-state index >= 15 is 0 Å². The summed E-state index contributed by atoms with van der Waals surface area (Å²) in [7, 11) is 0. The molecule has 1 atom stereocenters. The fourth-order valence-corrected chi connectivity index (χ4v) is 5.23. The van der Waals surface area contributed by atoms with E-state index in [1.807, 2.05) is 47.4 Å². The third kappa shape index (κ3) is 5.41. The molecule has 0 unspecified atom stereocenters. The summed E-state index contributed by atoms with van der Waals surface area (Å²) in [6, 6.07) is 31.1. The van der Waals surface area contributed by atoms with Crippen LogP contribution in [-0.4, -0.2) is 23.6 Å². The average Bonchev–Trinajstić information content (AvgIpc) is 3.24. The second kappa shape index (κ2) is 10.7. The van der Waals surface area contributed by atoms with Crippen molar-refractivity contribution in [2.75, 3.05) is 6.54 Å². The van der Waals surface area contributed by atoms with Gasteiger partial charge in [-0.25, -0.2) is 4.79 Å². The molecule has 1 fully saturated rings. The number of rotatable bonds is 7. The fourth-order valence-electron chi connectivity index (χ4n) is 5.23. The van der Waals surface area contributed by atoms with E-state index in [0.29, 0.717) is 12.5 Å². The first-order chi connectivity index (χ1) is 16.5. The van der Waals surface area contributed by atoms with E-state index in [0.717, 1.165) is 18.4 Å². The van der Waals surface area contributed by atoms with Gasteiger partial charge >= 0.3 is 6.09 Å². The summed E-state index contributed by atoms with van der Waals surface area (Å²) < 4.78 is 5.83. The predicted octanol–water partition coefficient (Wildman–Crippen LogP) is 7.38. The molecular formula is C31H35NO2. The van der Waals surface area contributed by atoms with Crippen molar-refractivity contribution in [3.05, 3.63) is 119 Å². The van der Waals surface area contributed by atoms with Gasteiger partial charge in [-0.15, -0.1) is 0 Å². The van der Waals surface area contributed by atoms with Crippen LogP contribution in [0.5, 0.6) is 0 Å². The highest BCUT2D eigenvalue weighted by Gasteiger charge is 2.48. The van der Waals surface area contributed by atoms with E-state index in [4.69, 9.17) is 4.74 Å². The minimum atomic E-state index is -0.284. The zero-order chi connectivity index (χ0) is 24.0. The highest BCUT2D eigenvalue weighted by molar-refractivity contribution is 5.70. The zero-order valence-corrected chi connectivity index (χ0v) is 20.5. The smallest absolute Gasteiger partial charge is 0.410 e. The summed E-state index contributed by atoms with van der Waals surface area (Å²) in [4.78, 5) is 15.4. The number of amides is 1. The lowest BCUT2D eigenvalue weighted by atomic mass is 9.73. The second-order valence-corrected chi connectivity index (χ2v) is 9.86. The quantitative estimate of drug-likeness (QED) is 0.349. The number of carbonyl (C=O) groups excluding carboxylic acids is 1. The zero-order valence-electron chi connectivity index (χ0n) is 20.5. The van der Waals surface area contributed by atoms with Crippen LogP contribution < -0.4 is 0 Å². The normalized spacial score (nSPS) is 17.7. The average molecular weight is 454 g/mol. The first-order valence-corrected chi connectivity index (χ1v) is 12.2. The van der Waals surface area contributed by atoms with Crippen molar-refractivity contribution in [2.24, 2.45) is 5.92 Å². The SMILES string of the molecule is C/C(=C/[C@H]1CC(c2ccccc2)(c2ccccc2)CN1C(=O)OCc1ccccc1)CC(C)C. The molecule has 3 heteroatoms. The van der Waals surface area contributed by atoms with Crippen LogP contribution in [0, 0.1) is 5.92 Å². The predicted molar refractivity (Wildman–Crippen MR) is 139 cm³/mol. The number of hydrogen-bond donors (Lipinski definition) is 0. The second-order valence-electron chi connectivity index (χ2n) is 9.86. The maximum Gasteiger partial charge on any atom is 0.410 e. The molecule has 3 aromatic carbocycles. The minimum Gasteiger partial charge on any atom is -0.445 e. The first kappa shape index (κ1) is 23.8. The summed E-state index contributed by atoms with van der Waals surface area (Å²) in [6.07, 6.45) is 3.89. The van der Waals surface area contributed by atoms with Gasteiger partial charge < -0.3 is 9.64 Å². The Morgan fingerprint density at radius 3 is 2.00 bits per heavy atom. The number of hydrogen-bond acceptors (Lipinski definition) is 2. The molecule has 0 saturated carbocycles. The number of allylic oxidation sites excluding steroid dienone is 1. The highest BCUT2D eigenvalue weighted by atomic mass is 16.6. The summed E-state index contributed by atoms with van der Waals surface area (Å²) in [5, 5.41) is 0. The Hall–Kier alpha value is -3.33. The Bertz CT molecular complexity index is 1050. The van der Waals surface area contributed by atoms with Gasteiger partial charge in [0.2, 0.25) is 0 Å². The van der Waals surface area contributed by atoms with Crippen molar-refractivity contribution in [3.63, 3.8) is 0 Å². The van der Waals surface area contributed by atoms with Crippen LogP contribution in [0.3, 0.4) is 0 Å². The molecule has 3 nitrogen and oxygen atoms in total. The van der Waals surface area contributed by atoms with E-state index in [1.165, 1.54) is 16.7 Å². The van der Waals surface area contributed by atoms with Gasteiger partial charge in [0, 0.05) is 12.0 Å². The van der Waals surface area contributed by atoms with Crippen LogP contribution in [0.15, 0.2) is 103 Å². The molecule has 0 bridgehead atoms. The van der Waals surface area contributed by atoms with Crippen LogP contribution in [0.25, 0.3) is 0 Å². The van der Waals surface area contributed by atoms with Crippen LogP contribution in [0.2, 0.25) is 0 Å². The Morgan fingerprint density at radius 1 is 0.941 bits per heavy atom. The van der Waals surface area contributed by atoms with E-state index in [-0.39, 0.29) is 24.2 Å². The van der Waals surface area contributed by atoms with Crippen LogP contribution in [0.1, 0.15) is 50.3 Å². The molecule has 0 radical (unpaired) electrons. The van der Waals surface area contributed by atoms with Gasteiger partial charge in [-0.05, 0) is 42.4 Å². The molecule has 0 aliphatic carbocycles. The molecular weight excluding hydrogens is 418 g/mol. The van der Waals surface area contributed by atoms with Crippen LogP contribution >= 0.6 is 0 Å². The summed E-state index contributed by atoms with van der Waals surface area (Å²) in [5.74, 6) is 0.573. The van der Waals surface area contributed by atoms with Gasteiger partial charge in [-0.1, -0.05) is 116 Å². The van der Waals surface area contributed by atoms with Crippen molar-refractivity contribution in [1.82, 2.24) is 4.90 Å². The molecule has 3 aromatic rings. The van der Waals surface area contributed by atoms with Crippen LogP contribution in [0.4, 0.5) is 4.79 Å². The van der Waals surface area contributed by atoms with Gasteiger partial charge in [0.15, 0.2) is 0 Å². The Labute approximate surface area is 204 Å². The maximum atomic E-state index is 13.5. The van der Waals surface area contributed by atoms with Gasteiger partial charge in [0.1, 0.15) is 6.61 Å². The monoisotopic (exact) mass is 453 g/mol. The largest absolute Gasteiger partial charge is 0.445 e. The fraction of sp³-hybridized carbons (Fsp3) is 0.323. The van der Waals surface area contributed by atoms with Gasteiger partial charge in [0.25, 0.3) is 0 Å². The molecule has 1 heterocycles. The molecule has 0 aromatic heterocycles. The van der Waals surface area contributed by atoms with Crippen molar-refractivity contribution in [3.8, 4) is 0 Å². The lowest BCUT2D eigenvalue weighted by molar-refractivity contribution is 0.0962. The minimum absolute atomic E-state index is 0.0255. The maximum absolute atomic E-state index is 13.5. The van der Waals surface area contributed by atoms with E-state index in [2.05, 4.69) is 75.4 Å². The van der Waals surface area contributed by atoms with E-state index < -0.39 is 0 Å². The third-order valence-corrected chi connectivity index (χ3v) is 6.70. The third-order valence-electron chi connectivity index (χ3n) is 6.70. The number of nitrogens with zero attached hydrogens (tertiary/aromatic N) is 1. The molecule has 0 spiro atoms. The lowest BCUT2D eigenvalue weighted by Crippen LogP contribution is -2.37. The standard InChI is InChI=1S/C31H35NO2/c1-24(2)19-25(3)20-29-21-31(27-15-9-5-10-16-27,28-17-11-6-12-18-28)23-32(29)30(33)34-22-26-13-7-4-8-14-26/h4-18,20,24,29H,19,21-23H2,1-3H3/b25-20-/t29-/m0/s1. The Morgan fingerprint density at radius 2 is 1.47 bits per heavy atom. The number of carbonyl (C=O) groups is 1. The first-order valence-electron chi connectivity index (χ1n) is 12.2. The summed E-state index contributed by atoms with van der Waals surface area (Å²) >= 11 is 0. The van der Waals surface area contributed by atoms with Crippen molar-refractivity contribution in [2.45, 2.75) is 51.7 Å². The number of benzene rings is 3. The summed E-state index contributed by atoms with van der Waals surface area (Å²) in [5.41, 5.74) is 4.50. The molecule has 176 valence electrons. The Kier molecular flexibility index (Phi) is 7.52. The molecule has 0 N–H and O–H groups in total. The number of ether oxygens (including phenoxy) is 1. The molecule has 1 aliphatic rings. The Balaban J connectivity index is 1.69. The van der Waals surface area contributed by atoms with E-state index in [1.54, 1.807) is 0 Å². The van der Waals surface area contributed by atoms with Gasteiger partial charge in [-0.3, -0.25) is 0 Å². The topological polar surface area (TPSA) is 29.5 Å². The molecule has 1 aliphatic heterocycles. The van der Waals surface area contributed by atoms with E-state index in [9.17, 15) is 4.79 Å². The van der Waals surface area contributed by atoms with Gasteiger partial charge in [0.05, 0.1) is 6.04 Å². The van der Waals surface area contributed by atoms with Crippen molar-refractivity contribution < 1.29 is 9.53 Å². The van der Waals surface area contributed by atoms with Crippen molar-refractivity contribution >= 4 is 6.09 Å².